The second-order valence-corrected chi connectivity index (χ2v) is 9.22. The first-order valence-electron chi connectivity index (χ1n) is 11.3. The van der Waals surface area contributed by atoms with Crippen LogP contribution in [0.15, 0.2) is 35.9 Å². The van der Waals surface area contributed by atoms with E-state index in [1.54, 1.807) is 6.92 Å². The van der Waals surface area contributed by atoms with Gasteiger partial charge in [0.1, 0.15) is 19.2 Å². The Hall–Kier alpha value is -3.14. The van der Waals surface area contributed by atoms with Gasteiger partial charge >= 0.3 is 5.97 Å². The molecule has 2 aliphatic rings. The summed E-state index contributed by atoms with van der Waals surface area (Å²) in [5.74, 6) is 0.440. The molecule has 10 heteroatoms. The first kappa shape index (κ1) is 23.0. The van der Waals surface area contributed by atoms with E-state index in [0.717, 1.165) is 62.7 Å². The van der Waals surface area contributed by atoms with Crippen LogP contribution in [0.4, 0.5) is 0 Å². The summed E-state index contributed by atoms with van der Waals surface area (Å²) in [4.78, 5) is 32.6. The number of aldehydes is 1. The standard InChI is InChI=1S/C23H31N7O3/c1-17-20(14-33-22(17)32)28(2)11-10-23(15-31)8-6-19(7-9-23)29(3)13-18-4-5-21(24-12-18)30-16-25-26-27-30/h4-5,12,15-16,19H,6-11,13-14H2,1-3H3. The molecule has 1 aliphatic heterocycles. The van der Waals surface area contributed by atoms with Crippen LogP contribution >= 0.6 is 0 Å². The molecule has 10 nitrogen and oxygen atoms in total. The van der Waals surface area contributed by atoms with Crippen molar-refractivity contribution < 1.29 is 14.3 Å². The molecule has 1 aliphatic carbocycles. The molecule has 0 N–H and O–H groups in total. The highest BCUT2D eigenvalue weighted by Gasteiger charge is 2.36. The van der Waals surface area contributed by atoms with E-state index in [9.17, 15) is 9.59 Å². The SMILES string of the molecule is CC1=C(N(C)CCC2(C=O)CCC(N(C)Cc3ccc(-n4cnnn4)nc3)CC2)COC1=O. The van der Waals surface area contributed by atoms with E-state index in [2.05, 4.69) is 37.4 Å². The van der Waals surface area contributed by atoms with Crippen LogP contribution in [0.2, 0.25) is 0 Å². The normalized spacial score (nSPS) is 23.2. The number of aromatic nitrogens is 5. The van der Waals surface area contributed by atoms with Crippen molar-refractivity contribution in [1.82, 2.24) is 35.0 Å². The van der Waals surface area contributed by atoms with Crippen molar-refractivity contribution in [2.75, 3.05) is 27.2 Å². The van der Waals surface area contributed by atoms with Crippen LogP contribution in [0.25, 0.3) is 5.82 Å². The fraction of sp³-hybridized carbons (Fsp3) is 0.565. The van der Waals surface area contributed by atoms with E-state index < -0.39 is 0 Å². The summed E-state index contributed by atoms with van der Waals surface area (Å²) in [5, 5.41) is 11.1. The molecular formula is C23H31N7O3. The Kier molecular flexibility index (Phi) is 6.83. The van der Waals surface area contributed by atoms with Crippen molar-refractivity contribution in [3.63, 3.8) is 0 Å². The molecular weight excluding hydrogens is 422 g/mol. The Labute approximate surface area is 193 Å². The fourth-order valence-corrected chi connectivity index (χ4v) is 4.76. The van der Waals surface area contributed by atoms with Gasteiger partial charge in [0.15, 0.2) is 5.82 Å². The number of rotatable bonds is 9. The van der Waals surface area contributed by atoms with Gasteiger partial charge in [0.25, 0.3) is 0 Å². The van der Waals surface area contributed by atoms with Crippen LogP contribution in [0.3, 0.4) is 0 Å². The number of carbonyl (C=O) groups is 2. The molecule has 33 heavy (non-hydrogen) atoms. The van der Waals surface area contributed by atoms with Gasteiger partial charge < -0.3 is 14.4 Å². The van der Waals surface area contributed by atoms with Crippen LogP contribution in [0.5, 0.6) is 0 Å². The Morgan fingerprint density at radius 2 is 2.06 bits per heavy atom. The second-order valence-electron chi connectivity index (χ2n) is 9.22. The Morgan fingerprint density at radius 1 is 1.27 bits per heavy atom. The van der Waals surface area contributed by atoms with Gasteiger partial charge in [-0.2, -0.15) is 4.68 Å². The number of likely N-dealkylation sites (N-methyl/N-ethyl adjacent to an activating group) is 1. The predicted molar refractivity (Wildman–Crippen MR) is 120 cm³/mol. The highest BCUT2D eigenvalue weighted by Crippen LogP contribution is 2.39. The van der Waals surface area contributed by atoms with E-state index in [4.69, 9.17) is 4.74 Å². The average molecular weight is 454 g/mol. The molecule has 4 rings (SSSR count). The van der Waals surface area contributed by atoms with Crippen LogP contribution in [-0.4, -0.2) is 80.5 Å². The third kappa shape index (κ3) is 5.11. The van der Waals surface area contributed by atoms with Gasteiger partial charge in [0.05, 0.1) is 11.3 Å². The number of cyclic esters (lactones) is 1. The van der Waals surface area contributed by atoms with Gasteiger partial charge in [0, 0.05) is 37.8 Å². The minimum absolute atomic E-state index is 0.245. The van der Waals surface area contributed by atoms with E-state index in [-0.39, 0.29) is 11.4 Å². The monoisotopic (exact) mass is 453 g/mol. The molecule has 0 radical (unpaired) electrons. The number of tetrazole rings is 1. The van der Waals surface area contributed by atoms with Crippen LogP contribution in [0, 0.1) is 5.41 Å². The van der Waals surface area contributed by atoms with Crippen molar-refractivity contribution in [1.29, 1.82) is 0 Å². The second kappa shape index (κ2) is 9.78. The van der Waals surface area contributed by atoms with Crippen LogP contribution in [-0.2, 0) is 20.9 Å². The maximum absolute atomic E-state index is 12.1. The summed E-state index contributed by atoms with van der Waals surface area (Å²) in [7, 11) is 4.10. The summed E-state index contributed by atoms with van der Waals surface area (Å²) >= 11 is 0. The highest BCUT2D eigenvalue weighted by atomic mass is 16.5. The lowest BCUT2D eigenvalue weighted by molar-refractivity contribution is -0.136. The van der Waals surface area contributed by atoms with Gasteiger partial charge in [-0.15, -0.1) is 5.10 Å². The molecule has 0 aromatic carbocycles. The molecule has 2 aromatic rings. The maximum atomic E-state index is 12.1. The number of hydrogen-bond donors (Lipinski definition) is 0. The lowest BCUT2D eigenvalue weighted by Gasteiger charge is -2.40. The Bertz CT molecular complexity index is 996. The molecule has 2 aromatic heterocycles. The minimum atomic E-state index is -0.293. The zero-order valence-corrected chi connectivity index (χ0v) is 19.5. The highest BCUT2D eigenvalue weighted by molar-refractivity contribution is 5.90. The molecule has 3 heterocycles. The van der Waals surface area contributed by atoms with E-state index >= 15 is 0 Å². The van der Waals surface area contributed by atoms with Crippen molar-refractivity contribution in [3.8, 4) is 5.82 Å². The number of carbonyl (C=O) groups excluding carboxylic acids is 2. The number of nitrogens with zero attached hydrogens (tertiary/aromatic N) is 7. The molecule has 1 fully saturated rings. The van der Waals surface area contributed by atoms with Gasteiger partial charge in [-0.3, -0.25) is 4.90 Å². The molecule has 0 saturated heterocycles. The van der Waals surface area contributed by atoms with Gasteiger partial charge in [-0.05, 0) is 68.1 Å². The lowest BCUT2D eigenvalue weighted by Crippen LogP contribution is -2.40. The summed E-state index contributed by atoms with van der Waals surface area (Å²) in [6, 6.07) is 4.39. The third-order valence-corrected chi connectivity index (χ3v) is 7.13. The minimum Gasteiger partial charge on any atom is -0.456 e. The lowest BCUT2D eigenvalue weighted by atomic mass is 9.71. The zero-order valence-electron chi connectivity index (χ0n) is 19.5. The zero-order chi connectivity index (χ0) is 23.4. The van der Waals surface area contributed by atoms with Gasteiger partial charge in [-0.25, -0.2) is 9.78 Å². The molecule has 1 saturated carbocycles. The predicted octanol–water partition coefficient (Wildman–Crippen LogP) is 1.77. The fourth-order valence-electron chi connectivity index (χ4n) is 4.76. The molecule has 0 bridgehead atoms. The summed E-state index contributed by atoms with van der Waals surface area (Å²) in [6.07, 6.45) is 9.05. The van der Waals surface area contributed by atoms with E-state index in [1.807, 2.05) is 25.4 Å². The summed E-state index contributed by atoms with van der Waals surface area (Å²) in [6.45, 7) is 3.66. The Balaban J connectivity index is 1.28. The molecule has 0 spiro atoms. The quantitative estimate of drug-likeness (QED) is 0.415. The summed E-state index contributed by atoms with van der Waals surface area (Å²) in [5.41, 5.74) is 2.43. The number of pyridine rings is 1. The number of ether oxygens (including phenoxy) is 1. The largest absolute Gasteiger partial charge is 0.456 e. The van der Waals surface area contributed by atoms with Crippen molar-refractivity contribution in [3.05, 3.63) is 41.5 Å². The topological polar surface area (TPSA) is 106 Å². The number of esters is 1. The molecule has 0 unspecified atom stereocenters. The van der Waals surface area contributed by atoms with E-state index in [1.165, 1.54) is 11.0 Å². The summed E-state index contributed by atoms with van der Waals surface area (Å²) < 4.78 is 6.64. The number of hydrogen-bond acceptors (Lipinski definition) is 9. The maximum Gasteiger partial charge on any atom is 0.335 e. The third-order valence-electron chi connectivity index (χ3n) is 7.13. The average Bonchev–Trinajstić information content (AvgIpc) is 3.49. The van der Waals surface area contributed by atoms with Gasteiger partial charge in [0.2, 0.25) is 0 Å². The first-order chi connectivity index (χ1) is 15.9. The van der Waals surface area contributed by atoms with Crippen LogP contribution in [0.1, 0.15) is 44.6 Å². The smallest absolute Gasteiger partial charge is 0.335 e. The molecule has 0 amide bonds. The van der Waals surface area contributed by atoms with Crippen molar-refractivity contribution in [2.24, 2.45) is 5.41 Å². The van der Waals surface area contributed by atoms with Crippen molar-refractivity contribution >= 4 is 12.3 Å². The Morgan fingerprint density at radius 3 is 2.64 bits per heavy atom. The van der Waals surface area contributed by atoms with E-state index in [0.29, 0.717) is 24.0 Å². The van der Waals surface area contributed by atoms with Crippen LogP contribution < -0.4 is 0 Å². The molecule has 0 atom stereocenters. The molecule has 176 valence electrons. The first-order valence-corrected chi connectivity index (χ1v) is 11.3. The van der Waals surface area contributed by atoms with Gasteiger partial charge in [-0.1, -0.05) is 6.07 Å². The van der Waals surface area contributed by atoms with Crippen molar-refractivity contribution in [2.45, 2.75) is 51.6 Å².